The zero-order valence-electron chi connectivity index (χ0n) is 17.7. The van der Waals surface area contributed by atoms with Crippen molar-refractivity contribution in [1.29, 1.82) is 0 Å². The van der Waals surface area contributed by atoms with Gasteiger partial charge in [0.2, 0.25) is 11.8 Å². The van der Waals surface area contributed by atoms with Crippen molar-refractivity contribution in [3.05, 3.63) is 21.9 Å². The fourth-order valence-electron chi connectivity index (χ4n) is 4.10. The number of amides is 1. The summed E-state index contributed by atoms with van der Waals surface area (Å²) >= 11 is 1.71. The van der Waals surface area contributed by atoms with Crippen LogP contribution in [0.25, 0.3) is 0 Å². The van der Waals surface area contributed by atoms with E-state index in [1.54, 1.807) is 11.3 Å². The van der Waals surface area contributed by atoms with Crippen molar-refractivity contribution in [2.24, 2.45) is 5.92 Å². The van der Waals surface area contributed by atoms with Crippen molar-refractivity contribution in [2.45, 2.75) is 46.7 Å². The lowest BCUT2D eigenvalue weighted by molar-refractivity contribution is 0.0774. The van der Waals surface area contributed by atoms with Gasteiger partial charge in [-0.15, -0.1) is 21.5 Å². The molecule has 29 heavy (non-hydrogen) atoms. The SMILES string of the molecule is Cc1nc(CN2CCN(c3nnc(C(=O)N4CCCC4)n3CC(C)C)CC2)cs1. The smallest absolute Gasteiger partial charge is 0.291 e. The summed E-state index contributed by atoms with van der Waals surface area (Å²) in [6, 6.07) is 0. The van der Waals surface area contributed by atoms with E-state index in [1.807, 2.05) is 9.47 Å². The highest BCUT2D eigenvalue weighted by molar-refractivity contribution is 7.09. The molecule has 9 heteroatoms. The fourth-order valence-corrected chi connectivity index (χ4v) is 4.70. The number of rotatable bonds is 6. The Kier molecular flexibility index (Phi) is 6.15. The molecule has 4 rings (SSSR count). The van der Waals surface area contributed by atoms with Gasteiger partial charge in [0, 0.05) is 57.7 Å². The van der Waals surface area contributed by atoms with Gasteiger partial charge in [0.1, 0.15) is 0 Å². The Morgan fingerprint density at radius 2 is 1.83 bits per heavy atom. The van der Waals surface area contributed by atoms with Crippen LogP contribution in [-0.4, -0.2) is 74.7 Å². The van der Waals surface area contributed by atoms with E-state index >= 15 is 0 Å². The summed E-state index contributed by atoms with van der Waals surface area (Å²) in [4.78, 5) is 24.2. The van der Waals surface area contributed by atoms with E-state index in [2.05, 4.69) is 51.1 Å². The topological polar surface area (TPSA) is 70.4 Å². The molecule has 0 saturated carbocycles. The quantitative estimate of drug-likeness (QED) is 0.718. The molecule has 0 atom stereocenters. The second-order valence-electron chi connectivity index (χ2n) is 8.45. The fraction of sp³-hybridized carbons (Fsp3) is 0.700. The van der Waals surface area contributed by atoms with Gasteiger partial charge in [-0.3, -0.25) is 14.3 Å². The molecule has 0 bridgehead atoms. The first kappa shape index (κ1) is 20.3. The van der Waals surface area contributed by atoms with E-state index in [-0.39, 0.29) is 5.91 Å². The van der Waals surface area contributed by atoms with Crippen molar-refractivity contribution in [1.82, 2.24) is 29.5 Å². The Bertz CT molecular complexity index is 832. The third-order valence-electron chi connectivity index (χ3n) is 5.57. The molecule has 2 aromatic rings. The molecule has 0 aromatic carbocycles. The number of hydrogen-bond acceptors (Lipinski definition) is 7. The number of hydrogen-bond donors (Lipinski definition) is 0. The predicted octanol–water partition coefficient (Wildman–Crippen LogP) is 2.26. The number of aryl methyl sites for hydroxylation is 1. The number of anilines is 1. The average Bonchev–Trinajstić information content (AvgIpc) is 3.43. The van der Waals surface area contributed by atoms with Crippen LogP contribution in [0, 0.1) is 12.8 Å². The molecular weight excluding hydrogens is 386 g/mol. The molecule has 1 amide bonds. The van der Waals surface area contributed by atoms with Crippen LogP contribution < -0.4 is 4.90 Å². The summed E-state index contributed by atoms with van der Waals surface area (Å²) in [5.74, 6) is 1.78. The lowest BCUT2D eigenvalue weighted by Gasteiger charge is -2.35. The molecule has 0 radical (unpaired) electrons. The van der Waals surface area contributed by atoms with Crippen LogP contribution >= 0.6 is 11.3 Å². The lowest BCUT2D eigenvalue weighted by atomic mass is 10.2. The van der Waals surface area contributed by atoms with Gasteiger partial charge in [0.05, 0.1) is 10.7 Å². The molecule has 2 fully saturated rings. The summed E-state index contributed by atoms with van der Waals surface area (Å²) in [6.45, 7) is 13.4. The molecule has 2 saturated heterocycles. The highest BCUT2D eigenvalue weighted by Crippen LogP contribution is 2.21. The van der Waals surface area contributed by atoms with E-state index in [4.69, 9.17) is 0 Å². The van der Waals surface area contributed by atoms with E-state index in [0.717, 1.165) is 81.8 Å². The number of carbonyl (C=O) groups excluding carboxylic acids is 1. The Labute approximate surface area is 176 Å². The minimum atomic E-state index is 0.0273. The monoisotopic (exact) mass is 417 g/mol. The zero-order chi connectivity index (χ0) is 20.4. The van der Waals surface area contributed by atoms with E-state index in [1.165, 1.54) is 0 Å². The first-order valence-corrected chi connectivity index (χ1v) is 11.5. The van der Waals surface area contributed by atoms with Crippen molar-refractivity contribution in [3.8, 4) is 0 Å². The first-order chi connectivity index (χ1) is 14.0. The van der Waals surface area contributed by atoms with E-state index in [9.17, 15) is 4.79 Å². The Morgan fingerprint density at radius 3 is 2.45 bits per heavy atom. The predicted molar refractivity (Wildman–Crippen MR) is 114 cm³/mol. The number of likely N-dealkylation sites (tertiary alicyclic amines) is 1. The van der Waals surface area contributed by atoms with Gasteiger partial charge in [-0.2, -0.15) is 0 Å². The number of carbonyl (C=O) groups is 1. The summed E-state index contributed by atoms with van der Waals surface area (Å²) in [6.07, 6.45) is 2.16. The maximum absolute atomic E-state index is 13.0. The third kappa shape index (κ3) is 4.61. The maximum atomic E-state index is 13.0. The van der Waals surface area contributed by atoms with Crippen molar-refractivity contribution >= 4 is 23.2 Å². The van der Waals surface area contributed by atoms with Gasteiger partial charge < -0.3 is 9.80 Å². The second kappa shape index (κ2) is 8.79. The highest BCUT2D eigenvalue weighted by atomic mass is 32.1. The summed E-state index contributed by atoms with van der Waals surface area (Å²) < 4.78 is 2.05. The molecule has 4 heterocycles. The lowest BCUT2D eigenvalue weighted by Crippen LogP contribution is -2.47. The average molecular weight is 418 g/mol. The molecule has 0 spiro atoms. The zero-order valence-corrected chi connectivity index (χ0v) is 18.5. The molecule has 158 valence electrons. The Balaban J connectivity index is 1.45. The molecule has 0 aliphatic carbocycles. The van der Waals surface area contributed by atoms with Gasteiger partial charge in [-0.05, 0) is 25.7 Å². The number of thiazole rings is 1. The van der Waals surface area contributed by atoms with Crippen LogP contribution in [0.3, 0.4) is 0 Å². The number of aromatic nitrogens is 4. The van der Waals surface area contributed by atoms with Crippen LogP contribution in [0.4, 0.5) is 5.95 Å². The van der Waals surface area contributed by atoms with Gasteiger partial charge in [0.25, 0.3) is 5.91 Å². The molecule has 0 N–H and O–H groups in total. The van der Waals surface area contributed by atoms with Crippen LogP contribution in [-0.2, 0) is 13.1 Å². The second-order valence-corrected chi connectivity index (χ2v) is 9.51. The van der Waals surface area contributed by atoms with Gasteiger partial charge in [-0.1, -0.05) is 13.8 Å². The maximum Gasteiger partial charge on any atom is 0.291 e. The van der Waals surface area contributed by atoms with Gasteiger partial charge in [0.15, 0.2) is 0 Å². The van der Waals surface area contributed by atoms with Gasteiger partial charge >= 0.3 is 0 Å². The van der Waals surface area contributed by atoms with Crippen LogP contribution in [0.5, 0.6) is 0 Å². The Morgan fingerprint density at radius 1 is 1.10 bits per heavy atom. The van der Waals surface area contributed by atoms with Crippen molar-refractivity contribution < 1.29 is 4.79 Å². The van der Waals surface area contributed by atoms with Crippen LogP contribution in [0.2, 0.25) is 0 Å². The van der Waals surface area contributed by atoms with E-state index in [0.29, 0.717) is 11.7 Å². The minimum absolute atomic E-state index is 0.0273. The molecule has 8 nitrogen and oxygen atoms in total. The molecule has 2 aliphatic rings. The molecule has 0 unspecified atom stereocenters. The first-order valence-electron chi connectivity index (χ1n) is 10.6. The molecular formula is C20H31N7OS. The van der Waals surface area contributed by atoms with Crippen molar-refractivity contribution in [3.63, 3.8) is 0 Å². The van der Waals surface area contributed by atoms with Crippen LogP contribution in [0.1, 0.15) is 48.0 Å². The third-order valence-corrected chi connectivity index (χ3v) is 6.39. The van der Waals surface area contributed by atoms with Gasteiger partial charge in [-0.25, -0.2) is 4.98 Å². The molecule has 2 aromatic heterocycles. The largest absolute Gasteiger partial charge is 0.338 e. The van der Waals surface area contributed by atoms with Crippen LogP contribution in [0.15, 0.2) is 5.38 Å². The Hall–Kier alpha value is -2.00. The van der Waals surface area contributed by atoms with Crippen molar-refractivity contribution in [2.75, 3.05) is 44.2 Å². The normalized spacial score (nSPS) is 18.2. The standard InChI is InChI=1S/C20H31N7OS/c1-15(2)12-27-18(19(28)25-6-4-5-7-25)22-23-20(27)26-10-8-24(9-11-26)13-17-14-29-16(3)21-17/h14-15H,4-13H2,1-3H3. The number of nitrogens with zero attached hydrogens (tertiary/aromatic N) is 7. The molecule has 2 aliphatic heterocycles. The highest BCUT2D eigenvalue weighted by Gasteiger charge is 2.29. The van der Waals surface area contributed by atoms with E-state index < -0.39 is 0 Å². The minimum Gasteiger partial charge on any atom is -0.338 e. The summed E-state index contributed by atoms with van der Waals surface area (Å²) in [5, 5.41) is 12.1. The number of piperazine rings is 1. The summed E-state index contributed by atoms with van der Waals surface area (Å²) in [7, 11) is 0. The summed E-state index contributed by atoms with van der Waals surface area (Å²) in [5.41, 5.74) is 1.16.